The normalized spacial score (nSPS) is 10.8. The fourth-order valence-corrected chi connectivity index (χ4v) is 3.18. The summed E-state index contributed by atoms with van der Waals surface area (Å²) in [6.07, 6.45) is 4.61. The summed E-state index contributed by atoms with van der Waals surface area (Å²) in [5.41, 5.74) is 6.91. The second kappa shape index (κ2) is 9.25. The lowest BCUT2D eigenvalue weighted by atomic mass is 9.98. The van der Waals surface area contributed by atoms with Gasteiger partial charge in [-0.05, 0) is 47.7 Å². The molecule has 3 aromatic rings. The molecular formula is C23H26N2O. The first-order valence-electron chi connectivity index (χ1n) is 9.36. The quantitative estimate of drug-likeness (QED) is 0.537. The number of hydrogen-bond donors (Lipinski definition) is 0. The summed E-state index contributed by atoms with van der Waals surface area (Å²) in [4.78, 5) is 9.44. The summed E-state index contributed by atoms with van der Waals surface area (Å²) < 4.78 is 5.84. The molecule has 0 radical (unpaired) electrons. The van der Waals surface area contributed by atoms with Crippen LogP contribution in [0.5, 0.6) is 0 Å². The van der Waals surface area contributed by atoms with Gasteiger partial charge in [0.1, 0.15) is 0 Å². The van der Waals surface area contributed by atoms with Crippen molar-refractivity contribution in [1.82, 2.24) is 9.97 Å². The van der Waals surface area contributed by atoms with Crippen molar-refractivity contribution in [3.63, 3.8) is 0 Å². The Labute approximate surface area is 156 Å². The van der Waals surface area contributed by atoms with Crippen LogP contribution in [-0.2, 0) is 30.6 Å². The van der Waals surface area contributed by atoms with Crippen LogP contribution in [0.25, 0.3) is 11.4 Å². The molecule has 0 amide bonds. The van der Waals surface area contributed by atoms with E-state index in [4.69, 9.17) is 9.72 Å². The molecule has 3 heteroatoms. The molecule has 1 aromatic carbocycles. The smallest absolute Gasteiger partial charge is 0.0924 e. The van der Waals surface area contributed by atoms with E-state index in [-0.39, 0.29) is 0 Å². The molecule has 0 saturated heterocycles. The van der Waals surface area contributed by atoms with E-state index in [9.17, 15) is 0 Å². The number of benzene rings is 1. The van der Waals surface area contributed by atoms with Gasteiger partial charge in [-0.1, -0.05) is 50.2 Å². The Morgan fingerprint density at radius 3 is 2.42 bits per heavy atom. The Bertz CT molecular complexity index is 816. The van der Waals surface area contributed by atoms with Crippen LogP contribution in [-0.4, -0.2) is 16.6 Å². The molecule has 0 aliphatic rings. The summed E-state index contributed by atoms with van der Waals surface area (Å²) in [6.45, 7) is 5.69. The molecule has 3 nitrogen and oxygen atoms in total. The van der Waals surface area contributed by atoms with E-state index in [1.807, 2.05) is 42.6 Å². The van der Waals surface area contributed by atoms with Gasteiger partial charge in [0.25, 0.3) is 0 Å². The van der Waals surface area contributed by atoms with E-state index in [1.165, 1.54) is 16.7 Å². The maximum absolute atomic E-state index is 5.84. The van der Waals surface area contributed by atoms with Crippen molar-refractivity contribution in [3.8, 4) is 11.4 Å². The highest BCUT2D eigenvalue weighted by Crippen LogP contribution is 2.25. The molecule has 0 aliphatic heterocycles. The largest absolute Gasteiger partial charge is 0.376 e. The van der Waals surface area contributed by atoms with Crippen molar-refractivity contribution >= 4 is 0 Å². The number of pyridine rings is 2. The van der Waals surface area contributed by atoms with E-state index in [2.05, 4.69) is 37.0 Å². The van der Waals surface area contributed by atoms with E-state index in [1.54, 1.807) is 0 Å². The van der Waals surface area contributed by atoms with E-state index < -0.39 is 0 Å². The molecule has 134 valence electrons. The van der Waals surface area contributed by atoms with E-state index in [0.29, 0.717) is 13.2 Å². The maximum Gasteiger partial charge on any atom is 0.0924 e. The number of nitrogens with zero attached hydrogens (tertiary/aromatic N) is 2. The molecule has 0 fully saturated rings. The van der Waals surface area contributed by atoms with Gasteiger partial charge < -0.3 is 4.74 Å². The third-order valence-corrected chi connectivity index (χ3v) is 4.53. The molecule has 2 aromatic heterocycles. The predicted octanol–water partition coefficient (Wildman–Crippen LogP) is 5.03. The molecule has 26 heavy (non-hydrogen) atoms. The lowest BCUT2D eigenvalue weighted by Gasteiger charge is -2.14. The summed E-state index contributed by atoms with van der Waals surface area (Å²) in [6, 6.07) is 18.5. The lowest BCUT2D eigenvalue weighted by molar-refractivity contribution is 0.123. The van der Waals surface area contributed by atoms with Crippen LogP contribution in [0.3, 0.4) is 0 Å². The highest BCUT2D eigenvalue weighted by atomic mass is 16.5. The molecule has 0 spiro atoms. The van der Waals surface area contributed by atoms with Gasteiger partial charge in [-0.2, -0.15) is 0 Å². The van der Waals surface area contributed by atoms with Gasteiger partial charge in [0.05, 0.1) is 24.6 Å². The minimum absolute atomic E-state index is 0.640. The van der Waals surface area contributed by atoms with Gasteiger partial charge in [-0.3, -0.25) is 9.97 Å². The van der Waals surface area contributed by atoms with Gasteiger partial charge in [0, 0.05) is 18.3 Å². The average Bonchev–Trinajstić information content (AvgIpc) is 2.72. The van der Waals surface area contributed by atoms with Crippen LogP contribution < -0.4 is 0 Å². The topological polar surface area (TPSA) is 35.0 Å². The van der Waals surface area contributed by atoms with Crippen LogP contribution in [0.4, 0.5) is 0 Å². The van der Waals surface area contributed by atoms with Crippen molar-refractivity contribution in [2.75, 3.05) is 6.61 Å². The lowest BCUT2D eigenvalue weighted by Crippen LogP contribution is -2.06. The number of ether oxygens (including phenoxy) is 1. The number of aromatic nitrogens is 2. The monoisotopic (exact) mass is 346 g/mol. The van der Waals surface area contributed by atoms with Gasteiger partial charge in [-0.25, -0.2) is 0 Å². The Morgan fingerprint density at radius 2 is 1.73 bits per heavy atom. The molecule has 0 N–H and O–H groups in total. The number of rotatable bonds is 8. The third kappa shape index (κ3) is 4.55. The van der Waals surface area contributed by atoms with Gasteiger partial charge in [0.2, 0.25) is 0 Å². The zero-order chi connectivity index (χ0) is 18.2. The van der Waals surface area contributed by atoms with Crippen molar-refractivity contribution in [3.05, 3.63) is 83.2 Å². The third-order valence-electron chi connectivity index (χ3n) is 4.53. The Morgan fingerprint density at radius 1 is 0.923 bits per heavy atom. The summed E-state index contributed by atoms with van der Waals surface area (Å²) in [7, 11) is 0. The summed E-state index contributed by atoms with van der Waals surface area (Å²) in [5.74, 6) is 0. The highest BCUT2D eigenvalue weighted by Gasteiger charge is 2.13. The fourth-order valence-electron chi connectivity index (χ4n) is 3.18. The van der Waals surface area contributed by atoms with Crippen LogP contribution in [0.2, 0.25) is 0 Å². The maximum atomic E-state index is 5.84. The van der Waals surface area contributed by atoms with Crippen molar-refractivity contribution in [1.29, 1.82) is 0 Å². The van der Waals surface area contributed by atoms with Crippen LogP contribution in [0, 0.1) is 0 Å². The van der Waals surface area contributed by atoms with Crippen molar-refractivity contribution in [2.45, 2.75) is 39.7 Å². The molecule has 0 unspecified atom stereocenters. The molecule has 0 bridgehead atoms. The second-order valence-electron chi connectivity index (χ2n) is 6.31. The summed E-state index contributed by atoms with van der Waals surface area (Å²) in [5, 5.41) is 0. The summed E-state index contributed by atoms with van der Waals surface area (Å²) >= 11 is 0. The first-order chi connectivity index (χ1) is 12.8. The molecular weight excluding hydrogens is 320 g/mol. The fraction of sp³-hybridized carbons (Fsp3) is 0.304. The molecule has 3 rings (SSSR count). The first-order valence-corrected chi connectivity index (χ1v) is 9.36. The molecule has 2 heterocycles. The van der Waals surface area contributed by atoms with Crippen LogP contribution in [0.1, 0.15) is 36.2 Å². The average molecular weight is 346 g/mol. The van der Waals surface area contributed by atoms with Crippen LogP contribution in [0.15, 0.2) is 60.8 Å². The molecule has 0 atom stereocenters. The second-order valence-corrected chi connectivity index (χ2v) is 6.31. The van der Waals surface area contributed by atoms with Gasteiger partial charge >= 0.3 is 0 Å². The van der Waals surface area contributed by atoms with E-state index >= 15 is 0 Å². The predicted molar refractivity (Wildman–Crippen MR) is 106 cm³/mol. The SMILES string of the molecule is CCc1cc(CCOCc2ccccc2)nc(-c2ccccn2)c1CC. The molecule has 0 aliphatic carbocycles. The van der Waals surface area contributed by atoms with Crippen molar-refractivity contribution in [2.24, 2.45) is 0 Å². The Hall–Kier alpha value is -2.52. The zero-order valence-electron chi connectivity index (χ0n) is 15.6. The van der Waals surface area contributed by atoms with Gasteiger partial charge in [-0.15, -0.1) is 0 Å². The van der Waals surface area contributed by atoms with Gasteiger partial charge in [0.15, 0.2) is 0 Å². The Balaban J connectivity index is 1.75. The molecule has 0 saturated carbocycles. The van der Waals surface area contributed by atoms with E-state index in [0.717, 1.165) is 36.3 Å². The van der Waals surface area contributed by atoms with Crippen LogP contribution >= 0.6 is 0 Å². The standard InChI is InChI=1S/C23H26N2O/c1-3-19-16-20(13-15-26-17-18-10-6-5-7-11-18)25-23(21(19)4-2)22-12-8-9-14-24-22/h5-12,14,16H,3-4,13,15,17H2,1-2H3. The number of aryl methyl sites for hydroxylation is 1. The highest BCUT2D eigenvalue weighted by molar-refractivity contribution is 5.61. The minimum Gasteiger partial charge on any atom is -0.376 e. The van der Waals surface area contributed by atoms with Crippen molar-refractivity contribution < 1.29 is 4.74 Å². The first kappa shape index (κ1) is 18.3. The number of hydrogen-bond acceptors (Lipinski definition) is 3. The minimum atomic E-state index is 0.640. The zero-order valence-corrected chi connectivity index (χ0v) is 15.6. The Kier molecular flexibility index (Phi) is 6.50.